The fourth-order valence-electron chi connectivity index (χ4n) is 3.02. The number of hydrogen-bond acceptors (Lipinski definition) is 4. The predicted octanol–water partition coefficient (Wildman–Crippen LogP) is 2.57. The molecular weight excluding hydrogens is 337 g/mol. The van der Waals surface area contributed by atoms with E-state index in [1.807, 2.05) is 13.8 Å². The van der Waals surface area contributed by atoms with Crippen LogP contribution in [-0.2, 0) is 22.4 Å². The molecule has 0 bridgehead atoms. The van der Waals surface area contributed by atoms with E-state index in [9.17, 15) is 14.0 Å². The third-order valence-corrected chi connectivity index (χ3v) is 4.55. The zero-order chi connectivity index (χ0) is 18.7. The van der Waals surface area contributed by atoms with Crippen molar-refractivity contribution in [3.8, 4) is 5.69 Å². The first kappa shape index (κ1) is 18.1. The smallest absolute Gasteiger partial charge is 0.359 e. The quantitative estimate of drug-likeness (QED) is 0.805. The Kier molecular flexibility index (Phi) is 5.35. The van der Waals surface area contributed by atoms with E-state index in [2.05, 4.69) is 10.4 Å². The molecule has 1 atom stereocenters. The third-order valence-electron chi connectivity index (χ3n) is 4.55. The van der Waals surface area contributed by atoms with Crippen LogP contribution in [0, 0.1) is 5.82 Å². The summed E-state index contributed by atoms with van der Waals surface area (Å²) < 4.78 is 20.0. The van der Waals surface area contributed by atoms with Gasteiger partial charge in [0.1, 0.15) is 5.82 Å². The first-order chi connectivity index (χ1) is 12.5. The fraction of sp³-hybridized carbons (Fsp3) is 0.421. The maximum atomic E-state index is 13.2. The Bertz CT molecular complexity index is 814. The Morgan fingerprint density at radius 1 is 1.31 bits per heavy atom. The molecule has 0 unspecified atom stereocenters. The van der Waals surface area contributed by atoms with Crippen molar-refractivity contribution in [2.24, 2.45) is 0 Å². The molecule has 2 aromatic rings. The van der Waals surface area contributed by atoms with E-state index in [4.69, 9.17) is 4.74 Å². The van der Waals surface area contributed by atoms with Crippen molar-refractivity contribution in [3.63, 3.8) is 0 Å². The molecule has 26 heavy (non-hydrogen) atoms. The Morgan fingerprint density at radius 2 is 2.04 bits per heavy atom. The minimum atomic E-state index is -0.608. The molecule has 1 aromatic heterocycles. The van der Waals surface area contributed by atoms with Crippen LogP contribution in [0.15, 0.2) is 24.3 Å². The zero-order valence-electron chi connectivity index (χ0n) is 14.9. The lowest BCUT2D eigenvalue weighted by Gasteiger charge is -2.11. The summed E-state index contributed by atoms with van der Waals surface area (Å²) in [6.45, 7) is 3.51. The first-order valence-corrected chi connectivity index (χ1v) is 8.82. The number of nitrogens with zero attached hydrogens (tertiary/aromatic N) is 2. The number of rotatable bonds is 6. The minimum absolute atomic E-state index is 0.0307. The van der Waals surface area contributed by atoms with Crippen LogP contribution in [0.2, 0.25) is 0 Å². The van der Waals surface area contributed by atoms with Crippen LogP contribution in [0.25, 0.3) is 5.69 Å². The van der Waals surface area contributed by atoms with Gasteiger partial charge in [-0.15, -0.1) is 0 Å². The van der Waals surface area contributed by atoms with Crippen molar-refractivity contribution in [1.82, 2.24) is 15.1 Å². The van der Waals surface area contributed by atoms with Crippen molar-refractivity contribution in [2.45, 2.75) is 45.6 Å². The monoisotopic (exact) mass is 359 g/mol. The van der Waals surface area contributed by atoms with Gasteiger partial charge in [-0.3, -0.25) is 4.79 Å². The van der Waals surface area contributed by atoms with Crippen LogP contribution in [0.4, 0.5) is 4.39 Å². The highest BCUT2D eigenvalue weighted by Crippen LogP contribution is 2.28. The molecule has 3 rings (SSSR count). The van der Waals surface area contributed by atoms with Crippen LogP contribution in [0.3, 0.4) is 0 Å². The summed E-state index contributed by atoms with van der Waals surface area (Å²) in [6.07, 6.45) is 3.25. The highest BCUT2D eigenvalue weighted by Gasteiger charge is 2.28. The fourth-order valence-corrected chi connectivity index (χ4v) is 3.02. The molecule has 6 nitrogen and oxygen atoms in total. The highest BCUT2D eigenvalue weighted by atomic mass is 19.1. The molecule has 1 amide bonds. The molecule has 1 heterocycles. The van der Waals surface area contributed by atoms with Gasteiger partial charge in [-0.2, -0.15) is 5.10 Å². The van der Waals surface area contributed by atoms with Gasteiger partial charge in [-0.1, -0.05) is 6.92 Å². The van der Waals surface area contributed by atoms with Gasteiger partial charge < -0.3 is 10.1 Å². The summed E-state index contributed by atoms with van der Waals surface area (Å²) in [6, 6.07) is 5.99. The Morgan fingerprint density at radius 3 is 2.73 bits per heavy atom. The molecule has 1 aromatic carbocycles. The molecule has 0 saturated carbocycles. The summed E-state index contributed by atoms with van der Waals surface area (Å²) in [7, 11) is 0. The van der Waals surface area contributed by atoms with E-state index in [1.165, 1.54) is 12.1 Å². The molecule has 1 N–H and O–H groups in total. The first-order valence-electron chi connectivity index (χ1n) is 8.82. The van der Waals surface area contributed by atoms with Crippen molar-refractivity contribution in [1.29, 1.82) is 0 Å². The van der Waals surface area contributed by atoms with E-state index >= 15 is 0 Å². The maximum absolute atomic E-state index is 13.2. The molecule has 0 saturated heterocycles. The van der Waals surface area contributed by atoms with Gasteiger partial charge in [0.2, 0.25) is 0 Å². The van der Waals surface area contributed by atoms with E-state index in [0.717, 1.165) is 36.9 Å². The average molecular weight is 359 g/mol. The summed E-state index contributed by atoms with van der Waals surface area (Å²) in [5, 5.41) is 7.12. The van der Waals surface area contributed by atoms with Crippen molar-refractivity contribution in [3.05, 3.63) is 47.0 Å². The number of carbonyl (C=O) groups excluding carboxylic acids is 2. The molecule has 7 heteroatoms. The third kappa shape index (κ3) is 3.76. The van der Waals surface area contributed by atoms with Gasteiger partial charge in [-0.05, 0) is 56.9 Å². The number of aromatic nitrogens is 2. The molecule has 0 fully saturated rings. The van der Waals surface area contributed by atoms with Gasteiger partial charge in [0, 0.05) is 17.3 Å². The summed E-state index contributed by atoms with van der Waals surface area (Å²) in [4.78, 5) is 24.2. The van der Waals surface area contributed by atoms with E-state index in [0.29, 0.717) is 5.69 Å². The van der Waals surface area contributed by atoms with Crippen LogP contribution in [-0.4, -0.2) is 34.3 Å². The number of halogens is 1. The number of amides is 1. The van der Waals surface area contributed by atoms with Gasteiger partial charge in [0.05, 0.1) is 5.69 Å². The molecule has 0 spiro atoms. The molecule has 1 aliphatic rings. The number of hydrogen-bond donors (Lipinski definition) is 1. The lowest BCUT2D eigenvalue weighted by atomic mass is 10.2. The second-order valence-corrected chi connectivity index (χ2v) is 6.47. The Balaban J connectivity index is 1.76. The number of carbonyl (C=O) groups is 2. The number of nitrogens with one attached hydrogen (secondary N) is 1. The van der Waals surface area contributed by atoms with Gasteiger partial charge in [0.25, 0.3) is 5.91 Å². The van der Waals surface area contributed by atoms with Gasteiger partial charge in [0.15, 0.2) is 12.3 Å². The Labute approximate surface area is 151 Å². The second kappa shape index (κ2) is 7.68. The average Bonchev–Trinajstić information content (AvgIpc) is 3.23. The normalized spacial score (nSPS) is 14.0. The van der Waals surface area contributed by atoms with Crippen LogP contribution in [0.5, 0.6) is 0 Å². The molecular formula is C19H22FN3O3. The van der Waals surface area contributed by atoms with Crippen LogP contribution >= 0.6 is 0 Å². The summed E-state index contributed by atoms with van der Waals surface area (Å²) in [5.74, 6) is -1.27. The lowest BCUT2D eigenvalue weighted by Crippen LogP contribution is -2.35. The Hall–Kier alpha value is -2.70. The molecule has 138 valence electrons. The van der Waals surface area contributed by atoms with Crippen LogP contribution < -0.4 is 5.32 Å². The predicted molar refractivity (Wildman–Crippen MR) is 93.7 cm³/mol. The second-order valence-electron chi connectivity index (χ2n) is 6.47. The van der Waals surface area contributed by atoms with Gasteiger partial charge in [-0.25, -0.2) is 13.9 Å². The number of esters is 1. The minimum Gasteiger partial charge on any atom is -0.451 e. The molecule has 1 aliphatic carbocycles. The van der Waals surface area contributed by atoms with Crippen molar-refractivity contribution < 1.29 is 18.7 Å². The van der Waals surface area contributed by atoms with Crippen LogP contribution in [0.1, 0.15) is 48.4 Å². The standard InChI is InChI=1S/C19H22FN3O3/c1-3-12(2)21-17(24)11-26-19(25)18-15-5-4-6-16(15)23(22-18)14-9-7-13(20)8-10-14/h7-10,12H,3-6,11H2,1-2H3,(H,21,24)/t12-/m0/s1. The topological polar surface area (TPSA) is 73.2 Å². The van der Waals surface area contributed by atoms with E-state index in [-0.39, 0.29) is 30.1 Å². The SMILES string of the molecule is CC[C@H](C)NC(=O)COC(=O)c1nn(-c2ccc(F)cc2)c2c1CCC2. The van der Waals surface area contributed by atoms with E-state index < -0.39 is 5.97 Å². The lowest BCUT2D eigenvalue weighted by molar-refractivity contribution is -0.124. The number of fused-ring (bicyclic) bond motifs is 1. The highest BCUT2D eigenvalue weighted by molar-refractivity contribution is 5.91. The van der Waals surface area contributed by atoms with E-state index in [1.54, 1.807) is 16.8 Å². The zero-order valence-corrected chi connectivity index (χ0v) is 14.9. The molecule has 0 radical (unpaired) electrons. The largest absolute Gasteiger partial charge is 0.451 e. The number of ether oxygens (including phenoxy) is 1. The summed E-state index contributed by atoms with van der Waals surface area (Å²) >= 11 is 0. The maximum Gasteiger partial charge on any atom is 0.359 e. The number of benzene rings is 1. The van der Waals surface area contributed by atoms with Crippen molar-refractivity contribution >= 4 is 11.9 Å². The van der Waals surface area contributed by atoms with Gasteiger partial charge >= 0.3 is 5.97 Å². The van der Waals surface area contributed by atoms with Crippen molar-refractivity contribution in [2.75, 3.05) is 6.61 Å². The summed E-state index contributed by atoms with van der Waals surface area (Å²) in [5.41, 5.74) is 2.71. The molecule has 0 aliphatic heterocycles.